The zero-order valence-electron chi connectivity index (χ0n) is 9.88. The molecule has 0 aliphatic rings. The molecular weight excluding hydrogens is 286 g/mol. The summed E-state index contributed by atoms with van der Waals surface area (Å²) in [5.74, 6) is -0.112. The molecule has 0 saturated carbocycles. The first-order valence-electron chi connectivity index (χ1n) is 5.44. The highest BCUT2D eigenvalue weighted by Crippen LogP contribution is 2.27. The Bertz CT molecular complexity index is 696. The molecule has 0 atom stereocenters. The second-order valence-electron chi connectivity index (χ2n) is 4.12. The summed E-state index contributed by atoms with van der Waals surface area (Å²) >= 11 is 5.90. The number of phenolic OH excluding ortho intramolecular Hbond substituents is 1. The fourth-order valence-corrected chi connectivity index (χ4v) is 3.59. The van der Waals surface area contributed by atoms with Crippen molar-refractivity contribution in [3.63, 3.8) is 0 Å². The molecule has 4 nitrogen and oxygen atoms in total. The van der Waals surface area contributed by atoms with Crippen LogP contribution in [0.5, 0.6) is 5.75 Å². The highest BCUT2D eigenvalue weighted by Gasteiger charge is 2.19. The number of nitrogen functional groups attached to an aromatic ring is 1. The van der Waals surface area contributed by atoms with E-state index in [-0.39, 0.29) is 21.4 Å². The summed E-state index contributed by atoms with van der Waals surface area (Å²) in [4.78, 5) is 0.0160. The predicted molar refractivity (Wildman–Crippen MR) is 74.9 cm³/mol. The SMILES string of the molecule is Nc1ccc(Cl)c(S(=O)(=O)Cc2ccc(O)cc2)c1. The number of hydrogen-bond donors (Lipinski definition) is 2. The first kappa shape index (κ1) is 13.7. The van der Waals surface area contributed by atoms with E-state index in [1.165, 1.54) is 24.3 Å². The van der Waals surface area contributed by atoms with E-state index >= 15 is 0 Å². The van der Waals surface area contributed by atoms with Gasteiger partial charge in [0.25, 0.3) is 0 Å². The van der Waals surface area contributed by atoms with Crippen molar-refractivity contribution in [2.45, 2.75) is 10.6 Å². The maximum Gasteiger partial charge on any atom is 0.184 e. The molecule has 0 bridgehead atoms. The number of nitrogens with two attached hydrogens (primary N) is 1. The van der Waals surface area contributed by atoms with Crippen LogP contribution in [0.2, 0.25) is 5.02 Å². The minimum Gasteiger partial charge on any atom is -0.508 e. The Hall–Kier alpha value is -1.72. The quantitative estimate of drug-likeness (QED) is 0.853. The average Bonchev–Trinajstić information content (AvgIpc) is 2.35. The zero-order chi connectivity index (χ0) is 14.0. The van der Waals surface area contributed by atoms with Crippen molar-refractivity contribution in [2.75, 3.05) is 5.73 Å². The molecule has 100 valence electrons. The van der Waals surface area contributed by atoms with E-state index in [1.807, 2.05) is 0 Å². The molecular formula is C13H12ClNO3S. The molecule has 0 radical (unpaired) electrons. The molecule has 0 aliphatic carbocycles. The summed E-state index contributed by atoms with van der Waals surface area (Å²) in [5, 5.41) is 9.31. The third-order valence-corrected chi connectivity index (χ3v) is 4.75. The van der Waals surface area contributed by atoms with Gasteiger partial charge in [0.15, 0.2) is 9.84 Å². The molecule has 0 amide bonds. The van der Waals surface area contributed by atoms with Crippen molar-refractivity contribution in [3.05, 3.63) is 53.1 Å². The molecule has 0 saturated heterocycles. The summed E-state index contributed by atoms with van der Waals surface area (Å²) in [5.41, 5.74) is 6.49. The summed E-state index contributed by atoms with van der Waals surface area (Å²) in [6.07, 6.45) is 0. The van der Waals surface area contributed by atoms with Gasteiger partial charge in [0.1, 0.15) is 5.75 Å². The fraction of sp³-hybridized carbons (Fsp3) is 0.0769. The lowest BCUT2D eigenvalue weighted by Gasteiger charge is -2.07. The van der Waals surface area contributed by atoms with Gasteiger partial charge in [-0.25, -0.2) is 8.42 Å². The van der Waals surface area contributed by atoms with Gasteiger partial charge >= 0.3 is 0 Å². The van der Waals surface area contributed by atoms with Crippen LogP contribution in [0.1, 0.15) is 5.56 Å². The molecule has 3 N–H and O–H groups in total. The van der Waals surface area contributed by atoms with Gasteiger partial charge in [0, 0.05) is 5.69 Å². The Kier molecular flexibility index (Phi) is 3.68. The summed E-state index contributed by atoms with van der Waals surface area (Å²) in [6.45, 7) is 0. The van der Waals surface area contributed by atoms with Gasteiger partial charge in [-0.05, 0) is 35.9 Å². The molecule has 0 aliphatic heterocycles. The number of anilines is 1. The topological polar surface area (TPSA) is 80.4 Å². The molecule has 2 rings (SSSR count). The average molecular weight is 298 g/mol. The van der Waals surface area contributed by atoms with Crippen molar-refractivity contribution in [2.24, 2.45) is 0 Å². The summed E-state index contributed by atoms with van der Waals surface area (Å²) < 4.78 is 24.5. The maximum atomic E-state index is 12.3. The molecule has 0 aromatic heterocycles. The van der Waals surface area contributed by atoms with Crippen molar-refractivity contribution in [1.29, 1.82) is 0 Å². The molecule has 6 heteroatoms. The van der Waals surface area contributed by atoms with Crippen LogP contribution in [-0.4, -0.2) is 13.5 Å². The Morgan fingerprint density at radius 1 is 1.11 bits per heavy atom. The van der Waals surface area contributed by atoms with Crippen LogP contribution in [0.3, 0.4) is 0 Å². The predicted octanol–water partition coefficient (Wildman–Crippen LogP) is 2.60. The van der Waals surface area contributed by atoms with E-state index in [0.717, 1.165) is 0 Å². The van der Waals surface area contributed by atoms with E-state index in [4.69, 9.17) is 22.4 Å². The lowest BCUT2D eigenvalue weighted by Crippen LogP contribution is -2.06. The van der Waals surface area contributed by atoms with Crippen LogP contribution in [0.25, 0.3) is 0 Å². The van der Waals surface area contributed by atoms with Crippen molar-refractivity contribution in [3.8, 4) is 5.75 Å². The van der Waals surface area contributed by atoms with E-state index in [0.29, 0.717) is 11.3 Å². The zero-order valence-corrected chi connectivity index (χ0v) is 11.4. The van der Waals surface area contributed by atoms with Gasteiger partial charge in [-0.15, -0.1) is 0 Å². The number of halogens is 1. The summed E-state index contributed by atoms with van der Waals surface area (Å²) in [6, 6.07) is 10.3. The number of aromatic hydroxyl groups is 1. The molecule has 2 aromatic carbocycles. The normalized spacial score (nSPS) is 11.4. The number of sulfone groups is 1. The van der Waals surface area contributed by atoms with Crippen LogP contribution in [0.4, 0.5) is 5.69 Å². The van der Waals surface area contributed by atoms with Crippen LogP contribution in [-0.2, 0) is 15.6 Å². The third-order valence-electron chi connectivity index (χ3n) is 2.58. The molecule has 0 spiro atoms. The highest BCUT2D eigenvalue weighted by atomic mass is 35.5. The second-order valence-corrected chi connectivity index (χ2v) is 6.48. The maximum absolute atomic E-state index is 12.3. The van der Waals surface area contributed by atoms with Crippen LogP contribution in [0, 0.1) is 0 Å². The Labute approximate surface area is 116 Å². The van der Waals surface area contributed by atoms with Gasteiger partial charge in [-0.3, -0.25) is 0 Å². The van der Waals surface area contributed by atoms with Gasteiger partial charge in [-0.2, -0.15) is 0 Å². The Morgan fingerprint density at radius 2 is 1.74 bits per heavy atom. The highest BCUT2D eigenvalue weighted by molar-refractivity contribution is 7.90. The molecule has 0 heterocycles. The van der Waals surface area contributed by atoms with E-state index < -0.39 is 9.84 Å². The van der Waals surface area contributed by atoms with Gasteiger partial charge < -0.3 is 10.8 Å². The minimum atomic E-state index is -3.57. The summed E-state index contributed by atoms with van der Waals surface area (Å²) in [7, 11) is -3.57. The molecule has 0 fully saturated rings. The number of benzene rings is 2. The monoisotopic (exact) mass is 297 g/mol. The fourth-order valence-electron chi connectivity index (χ4n) is 1.65. The molecule has 19 heavy (non-hydrogen) atoms. The van der Waals surface area contributed by atoms with Gasteiger partial charge in [0.05, 0.1) is 15.7 Å². The lowest BCUT2D eigenvalue weighted by atomic mass is 10.2. The number of hydrogen-bond acceptors (Lipinski definition) is 4. The number of rotatable bonds is 3. The van der Waals surface area contributed by atoms with Crippen molar-refractivity contribution >= 4 is 27.1 Å². The van der Waals surface area contributed by atoms with E-state index in [2.05, 4.69) is 0 Å². The van der Waals surface area contributed by atoms with E-state index in [1.54, 1.807) is 18.2 Å². The van der Waals surface area contributed by atoms with Crippen molar-refractivity contribution in [1.82, 2.24) is 0 Å². The van der Waals surface area contributed by atoms with Crippen LogP contribution < -0.4 is 5.73 Å². The second kappa shape index (κ2) is 5.11. The smallest absolute Gasteiger partial charge is 0.184 e. The number of phenols is 1. The standard InChI is InChI=1S/C13H12ClNO3S/c14-12-6-3-10(15)7-13(12)19(17,18)8-9-1-4-11(16)5-2-9/h1-7,16H,8,15H2. The third kappa shape index (κ3) is 3.19. The van der Waals surface area contributed by atoms with Gasteiger partial charge in [0.2, 0.25) is 0 Å². The van der Waals surface area contributed by atoms with Gasteiger partial charge in [-0.1, -0.05) is 23.7 Å². The largest absolute Gasteiger partial charge is 0.508 e. The lowest BCUT2D eigenvalue weighted by molar-refractivity contribution is 0.475. The Morgan fingerprint density at radius 3 is 2.37 bits per heavy atom. The minimum absolute atomic E-state index is 0.0160. The Balaban J connectivity index is 2.37. The first-order chi connectivity index (χ1) is 8.88. The molecule has 2 aromatic rings. The van der Waals surface area contributed by atoms with Crippen LogP contribution in [0.15, 0.2) is 47.4 Å². The van der Waals surface area contributed by atoms with Crippen LogP contribution >= 0.6 is 11.6 Å². The molecule has 0 unspecified atom stereocenters. The van der Waals surface area contributed by atoms with Crippen molar-refractivity contribution < 1.29 is 13.5 Å². The first-order valence-corrected chi connectivity index (χ1v) is 7.47. The van der Waals surface area contributed by atoms with E-state index in [9.17, 15) is 8.42 Å².